The number of nitrogens with zero attached hydrogens (tertiary/aromatic N) is 1. The Labute approximate surface area is 114 Å². The lowest BCUT2D eigenvalue weighted by atomic mass is 10.0. The van der Waals surface area contributed by atoms with Gasteiger partial charge in [0.1, 0.15) is 5.82 Å². The van der Waals surface area contributed by atoms with Crippen LogP contribution in [0.2, 0.25) is 5.02 Å². The normalized spacial score (nSPS) is 18.6. The van der Waals surface area contributed by atoms with Crippen molar-refractivity contribution < 1.29 is 19.1 Å². The Morgan fingerprint density at radius 3 is 2.84 bits per heavy atom. The third-order valence-electron chi connectivity index (χ3n) is 3.32. The first kappa shape index (κ1) is 13.8. The minimum atomic E-state index is -1.48. The van der Waals surface area contributed by atoms with Gasteiger partial charge in [-0.1, -0.05) is 17.7 Å². The summed E-state index contributed by atoms with van der Waals surface area (Å²) in [6.45, 7) is 0.391. The van der Waals surface area contributed by atoms with Gasteiger partial charge >= 0.3 is 11.9 Å². The van der Waals surface area contributed by atoms with Crippen LogP contribution in [0.4, 0.5) is 4.39 Å². The highest BCUT2D eigenvalue weighted by molar-refractivity contribution is 6.32. The van der Waals surface area contributed by atoms with E-state index in [1.807, 2.05) is 0 Å². The maximum atomic E-state index is 13.7. The van der Waals surface area contributed by atoms with Crippen molar-refractivity contribution in [3.63, 3.8) is 0 Å². The summed E-state index contributed by atoms with van der Waals surface area (Å²) in [7, 11) is 0. The number of benzene rings is 1. The number of hydrogen-bond donors (Lipinski definition) is 1. The predicted molar refractivity (Wildman–Crippen MR) is 67.5 cm³/mol. The molecule has 0 unspecified atom stereocenters. The Kier molecular flexibility index (Phi) is 4.04. The first-order valence-electron chi connectivity index (χ1n) is 5.97. The van der Waals surface area contributed by atoms with Crippen molar-refractivity contribution in [3.8, 4) is 0 Å². The molecule has 0 spiro atoms. The second-order valence-electron chi connectivity index (χ2n) is 4.50. The fourth-order valence-electron chi connectivity index (χ4n) is 2.40. The smallest absolute Gasteiger partial charge is 0.394 e. The summed E-state index contributed by atoms with van der Waals surface area (Å²) >= 11 is 5.94. The van der Waals surface area contributed by atoms with Crippen LogP contribution in [0.5, 0.6) is 0 Å². The van der Waals surface area contributed by atoms with E-state index in [4.69, 9.17) is 16.7 Å². The number of likely N-dealkylation sites (tertiary alicyclic amines) is 1. The van der Waals surface area contributed by atoms with Gasteiger partial charge in [-0.3, -0.25) is 4.79 Å². The van der Waals surface area contributed by atoms with Crippen LogP contribution in [0.3, 0.4) is 0 Å². The number of carbonyl (C=O) groups excluding carboxylic acids is 1. The van der Waals surface area contributed by atoms with Gasteiger partial charge in [0.2, 0.25) is 0 Å². The van der Waals surface area contributed by atoms with Crippen LogP contribution in [-0.4, -0.2) is 34.5 Å². The number of carboxylic acids is 1. The van der Waals surface area contributed by atoms with Crippen LogP contribution in [0, 0.1) is 5.82 Å². The molecule has 1 heterocycles. The maximum absolute atomic E-state index is 13.7. The Balaban J connectivity index is 2.18. The Bertz CT molecular complexity index is 500. The molecular formula is C13H13ClFNO3. The van der Waals surface area contributed by atoms with E-state index in [9.17, 15) is 14.0 Å². The predicted octanol–water partition coefficient (Wildman–Crippen LogP) is 2.10. The maximum Gasteiger partial charge on any atom is 0.394 e. The molecule has 1 amide bonds. The monoisotopic (exact) mass is 285 g/mol. The van der Waals surface area contributed by atoms with Gasteiger partial charge in [-0.25, -0.2) is 9.18 Å². The quantitative estimate of drug-likeness (QED) is 0.847. The van der Waals surface area contributed by atoms with E-state index in [1.165, 1.54) is 17.0 Å². The third-order valence-corrected chi connectivity index (χ3v) is 3.68. The molecular weight excluding hydrogens is 273 g/mol. The molecule has 1 atom stereocenters. The zero-order valence-corrected chi connectivity index (χ0v) is 10.9. The van der Waals surface area contributed by atoms with Crippen molar-refractivity contribution in [2.75, 3.05) is 6.54 Å². The van der Waals surface area contributed by atoms with Gasteiger partial charge in [0.15, 0.2) is 0 Å². The first-order chi connectivity index (χ1) is 9.00. The summed E-state index contributed by atoms with van der Waals surface area (Å²) < 4.78 is 13.7. The Morgan fingerprint density at radius 1 is 1.47 bits per heavy atom. The van der Waals surface area contributed by atoms with Gasteiger partial charge in [0.25, 0.3) is 0 Å². The van der Waals surface area contributed by atoms with Gasteiger partial charge in [0.05, 0.1) is 0 Å². The molecule has 4 nitrogen and oxygen atoms in total. The van der Waals surface area contributed by atoms with Crippen molar-refractivity contribution in [3.05, 3.63) is 34.6 Å². The minimum Gasteiger partial charge on any atom is -0.474 e. The fourth-order valence-corrected chi connectivity index (χ4v) is 2.64. The molecule has 0 bridgehead atoms. The minimum absolute atomic E-state index is 0.241. The fraction of sp³-hybridized carbons (Fsp3) is 0.385. The molecule has 1 aromatic rings. The highest BCUT2D eigenvalue weighted by Gasteiger charge is 2.33. The number of amides is 1. The number of carboxylic acid groups (broad SMARTS) is 1. The average Bonchev–Trinajstić information content (AvgIpc) is 2.81. The molecule has 1 aromatic carbocycles. The largest absolute Gasteiger partial charge is 0.474 e. The molecule has 0 saturated carbocycles. The van der Waals surface area contributed by atoms with E-state index in [0.29, 0.717) is 23.6 Å². The van der Waals surface area contributed by atoms with Crippen molar-refractivity contribution in [2.24, 2.45) is 0 Å². The lowest BCUT2D eigenvalue weighted by Crippen LogP contribution is -2.41. The molecule has 1 aliphatic rings. The van der Waals surface area contributed by atoms with E-state index in [1.54, 1.807) is 6.07 Å². The first-order valence-corrected chi connectivity index (χ1v) is 6.35. The average molecular weight is 286 g/mol. The lowest BCUT2D eigenvalue weighted by Gasteiger charge is -2.23. The molecule has 1 fully saturated rings. The van der Waals surface area contributed by atoms with E-state index in [0.717, 1.165) is 6.42 Å². The van der Waals surface area contributed by atoms with E-state index < -0.39 is 17.7 Å². The number of halogens is 2. The lowest BCUT2D eigenvalue weighted by molar-refractivity contribution is -0.156. The van der Waals surface area contributed by atoms with Gasteiger partial charge in [-0.2, -0.15) is 0 Å². The van der Waals surface area contributed by atoms with Crippen molar-refractivity contribution in [2.45, 2.75) is 25.3 Å². The number of hydrogen-bond acceptors (Lipinski definition) is 2. The van der Waals surface area contributed by atoms with Gasteiger partial charge in [0, 0.05) is 23.2 Å². The molecule has 6 heteroatoms. The number of aliphatic carboxylic acids is 1. The summed E-state index contributed by atoms with van der Waals surface area (Å²) in [4.78, 5) is 23.5. The van der Waals surface area contributed by atoms with Gasteiger partial charge in [-0.15, -0.1) is 0 Å². The molecule has 0 radical (unpaired) electrons. The molecule has 0 aromatic heterocycles. The summed E-state index contributed by atoms with van der Waals surface area (Å²) in [5.41, 5.74) is 0.333. The highest BCUT2D eigenvalue weighted by atomic mass is 35.5. The van der Waals surface area contributed by atoms with E-state index in [-0.39, 0.29) is 12.5 Å². The zero-order chi connectivity index (χ0) is 14.0. The molecule has 1 saturated heterocycles. The summed E-state index contributed by atoms with van der Waals surface area (Å²) in [6, 6.07) is 4.09. The summed E-state index contributed by atoms with van der Waals surface area (Å²) in [5.74, 6) is -2.84. The van der Waals surface area contributed by atoms with Crippen LogP contribution >= 0.6 is 11.6 Å². The second-order valence-corrected chi connectivity index (χ2v) is 4.91. The van der Waals surface area contributed by atoms with E-state index in [2.05, 4.69) is 0 Å². The molecule has 2 rings (SSSR count). The van der Waals surface area contributed by atoms with Gasteiger partial charge in [-0.05, 0) is 31.4 Å². The topological polar surface area (TPSA) is 57.6 Å². The van der Waals surface area contributed by atoms with Crippen LogP contribution in [0.15, 0.2) is 18.2 Å². The van der Waals surface area contributed by atoms with E-state index >= 15 is 0 Å². The third kappa shape index (κ3) is 2.87. The number of carbonyl (C=O) groups is 2. The van der Waals surface area contributed by atoms with Crippen LogP contribution in [0.1, 0.15) is 18.4 Å². The molecule has 1 aliphatic heterocycles. The van der Waals surface area contributed by atoms with Gasteiger partial charge < -0.3 is 10.0 Å². The summed E-state index contributed by atoms with van der Waals surface area (Å²) in [5, 5.41) is 9.04. The zero-order valence-electron chi connectivity index (χ0n) is 10.1. The van der Waals surface area contributed by atoms with Crippen LogP contribution in [0.25, 0.3) is 0 Å². The second kappa shape index (κ2) is 5.57. The Hall–Kier alpha value is -1.62. The molecule has 19 heavy (non-hydrogen) atoms. The molecule has 1 N–H and O–H groups in total. The molecule has 102 valence electrons. The Morgan fingerprint density at radius 2 is 2.21 bits per heavy atom. The van der Waals surface area contributed by atoms with Crippen molar-refractivity contribution in [1.29, 1.82) is 0 Å². The standard InChI is InChI=1S/C13H13ClFNO3/c14-10-4-1-5-11(15)9(10)7-8-3-2-6-16(8)12(17)13(18)19/h1,4-5,8H,2-3,6-7H2,(H,18,19)/t8-/m0/s1. The SMILES string of the molecule is O=C(O)C(=O)N1CCC[C@H]1Cc1c(F)cccc1Cl. The number of rotatable bonds is 2. The van der Waals surface area contributed by atoms with Crippen LogP contribution < -0.4 is 0 Å². The molecule has 0 aliphatic carbocycles. The van der Waals surface area contributed by atoms with Crippen molar-refractivity contribution in [1.82, 2.24) is 4.90 Å². The highest BCUT2D eigenvalue weighted by Crippen LogP contribution is 2.26. The van der Waals surface area contributed by atoms with Crippen LogP contribution in [-0.2, 0) is 16.0 Å². The summed E-state index contributed by atoms with van der Waals surface area (Å²) in [6.07, 6.45) is 1.62. The van der Waals surface area contributed by atoms with Crippen molar-refractivity contribution >= 4 is 23.5 Å².